The van der Waals surface area contributed by atoms with Crippen molar-refractivity contribution in [2.75, 3.05) is 14.2 Å². The number of H-pyrrole nitrogens is 1. The third-order valence-corrected chi connectivity index (χ3v) is 4.27. The number of hydrogen-bond acceptors (Lipinski definition) is 5. The molecule has 0 saturated heterocycles. The predicted octanol–water partition coefficient (Wildman–Crippen LogP) is 3.78. The molecule has 0 spiro atoms. The quantitative estimate of drug-likeness (QED) is 0.698. The first-order chi connectivity index (χ1) is 11.3. The van der Waals surface area contributed by atoms with Gasteiger partial charge in [-0.25, -0.2) is 4.98 Å². The summed E-state index contributed by atoms with van der Waals surface area (Å²) in [7, 11) is 3.31. The van der Waals surface area contributed by atoms with Crippen molar-refractivity contribution in [2.24, 2.45) is 0 Å². The Morgan fingerprint density at radius 1 is 0.913 bits per heavy atom. The number of ether oxygens (including phenoxy) is 2. The average Bonchev–Trinajstić information content (AvgIpc) is 3.09. The van der Waals surface area contributed by atoms with Crippen molar-refractivity contribution in [1.82, 2.24) is 15.2 Å². The molecule has 2 aromatic carbocycles. The lowest BCUT2D eigenvalue weighted by molar-refractivity contribution is 0.414. The maximum Gasteiger partial charge on any atom is 0.209 e. The number of nitrogens with one attached hydrogen (secondary N) is 1. The number of hydrogen-bond donors (Lipinski definition) is 1. The topological polar surface area (TPSA) is 60.0 Å². The Morgan fingerprint density at radius 3 is 2.13 bits per heavy atom. The van der Waals surface area contributed by atoms with Gasteiger partial charge in [0.2, 0.25) is 5.16 Å². The number of benzene rings is 2. The van der Waals surface area contributed by atoms with Crippen molar-refractivity contribution in [1.29, 1.82) is 0 Å². The molecule has 1 heterocycles. The second-order valence-electron chi connectivity index (χ2n) is 4.83. The molecule has 1 N–H and O–H groups in total. The van der Waals surface area contributed by atoms with E-state index in [1.807, 2.05) is 48.5 Å². The molecular weight excluding hydrogens is 310 g/mol. The highest BCUT2D eigenvalue weighted by Gasteiger charge is 2.07. The standard InChI is InChI=1S/C17H17N3O2S/c1-21-14-7-3-12(4-8-14)11-23-17-18-16(19-20-17)13-5-9-15(22-2)10-6-13/h3-10H,11H2,1-2H3,(H,18,19,20). The summed E-state index contributed by atoms with van der Waals surface area (Å²) < 4.78 is 10.3. The van der Waals surface area contributed by atoms with Crippen molar-refractivity contribution in [3.8, 4) is 22.9 Å². The minimum absolute atomic E-state index is 0.728. The molecule has 5 nitrogen and oxygen atoms in total. The third kappa shape index (κ3) is 3.84. The van der Waals surface area contributed by atoms with Crippen LogP contribution in [0.1, 0.15) is 5.56 Å². The number of aromatic amines is 1. The van der Waals surface area contributed by atoms with Crippen LogP contribution in [0, 0.1) is 0 Å². The molecule has 3 aromatic rings. The lowest BCUT2D eigenvalue weighted by atomic mass is 10.2. The summed E-state index contributed by atoms with van der Waals surface area (Å²) in [6.07, 6.45) is 0. The summed E-state index contributed by atoms with van der Waals surface area (Å²) in [5.41, 5.74) is 2.18. The normalized spacial score (nSPS) is 10.5. The van der Waals surface area contributed by atoms with Gasteiger partial charge in [-0.05, 0) is 42.0 Å². The molecule has 0 amide bonds. The van der Waals surface area contributed by atoms with E-state index in [0.29, 0.717) is 0 Å². The van der Waals surface area contributed by atoms with Crippen molar-refractivity contribution in [3.05, 3.63) is 54.1 Å². The molecule has 0 aliphatic heterocycles. The first-order valence-electron chi connectivity index (χ1n) is 7.11. The van der Waals surface area contributed by atoms with Gasteiger partial charge in [-0.2, -0.15) is 0 Å². The van der Waals surface area contributed by atoms with Crippen LogP contribution >= 0.6 is 11.8 Å². The minimum Gasteiger partial charge on any atom is -0.497 e. The van der Waals surface area contributed by atoms with Crippen molar-refractivity contribution < 1.29 is 9.47 Å². The van der Waals surface area contributed by atoms with Crippen LogP contribution in [0.4, 0.5) is 0 Å². The van der Waals surface area contributed by atoms with Gasteiger partial charge in [-0.15, -0.1) is 5.10 Å². The molecule has 23 heavy (non-hydrogen) atoms. The van der Waals surface area contributed by atoms with Crippen LogP contribution in [0.25, 0.3) is 11.4 Å². The number of nitrogens with zero attached hydrogens (tertiary/aromatic N) is 2. The van der Waals surface area contributed by atoms with E-state index < -0.39 is 0 Å². The lowest BCUT2D eigenvalue weighted by Gasteiger charge is -2.01. The molecule has 1 aromatic heterocycles. The molecule has 6 heteroatoms. The summed E-state index contributed by atoms with van der Waals surface area (Å²) in [6.45, 7) is 0. The zero-order valence-corrected chi connectivity index (χ0v) is 13.8. The van der Waals surface area contributed by atoms with Crippen molar-refractivity contribution in [2.45, 2.75) is 10.9 Å². The first kappa shape index (κ1) is 15.4. The first-order valence-corrected chi connectivity index (χ1v) is 8.09. The molecule has 0 aliphatic rings. The highest BCUT2D eigenvalue weighted by Crippen LogP contribution is 2.24. The van der Waals surface area contributed by atoms with E-state index in [-0.39, 0.29) is 0 Å². The monoisotopic (exact) mass is 327 g/mol. The van der Waals surface area contributed by atoms with Crippen LogP contribution in [0.2, 0.25) is 0 Å². The largest absolute Gasteiger partial charge is 0.497 e. The third-order valence-electron chi connectivity index (χ3n) is 3.36. The highest BCUT2D eigenvalue weighted by atomic mass is 32.2. The fraction of sp³-hybridized carbons (Fsp3) is 0.176. The Kier molecular flexibility index (Phi) is 4.83. The Hall–Kier alpha value is -2.47. The smallest absolute Gasteiger partial charge is 0.209 e. The second kappa shape index (κ2) is 7.19. The van der Waals surface area contributed by atoms with Gasteiger partial charge >= 0.3 is 0 Å². The highest BCUT2D eigenvalue weighted by molar-refractivity contribution is 7.98. The SMILES string of the molecule is COc1ccc(CSc2n[nH]c(-c3ccc(OC)cc3)n2)cc1. The minimum atomic E-state index is 0.728. The number of aromatic nitrogens is 3. The summed E-state index contributed by atoms with van der Waals surface area (Å²) >= 11 is 1.59. The fourth-order valence-electron chi connectivity index (χ4n) is 2.06. The van der Waals surface area contributed by atoms with E-state index in [1.54, 1.807) is 26.0 Å². The van der Waals surface area contributed by atoms with E-state index >= 15 is 0 Å². The van der Waals surface area contributed by atoms with Gasteiger partial charge in [0.05, 0.1) is 14.2 Å². The molecule has 0 saturated carbocycles. The Bertz CT molecular complexity index is 754. The molecular formula is C17H17N3O2S. The molecule has 0 radical (unpaired) electrons. The van der Waals surface area contributed by atoms with E-state index in [0.717, 1.165) is 33.8 Å². The maximum atomic E-state index is 5.16. The summed E-state index contributed by atoms with van der Waals surface area (Å²) in [6, 6.07) is 15.7. The van der Waals surface area contributed by atoms with E-state index in [9.17, 15) is 0 Å². The maximum absolute atomic E-state index is 5.16. The van der Waals surface area contributed by atoms with Gasteiger partial charge in [-0.3, -0.25) is 5.10 Å². The lowest BCUT2D eigenvalue weighted by Crippen LogP contribution is -1.85. The summed E-state index contributed by atoms with van der Waals surface area (Å²) in [4.78, 5) is 4.52. The van der Waals surface area contributed by atoms with Gasteiger partial charge in [-0.1, -0.05) is 23.9 Å². The molecule has 3 rings (SSSR count). The van der Waals surface area contributed by atoms with Crippen LogP contribution < -0.4 is 9.47 Å². The molecule has 118 valence electrons. The van der Waals surface area contributed by atoms with E-state index in [1.165, 1.54) is 5.56 Å². The van der Waals surface area contributed by atoms with Gasteiger partial charge in [0.25, 0.3) is 0 Å². The number of rotatable bonds is 6. The second-order valence-corrected chi connectivity index (χ2v) is 5.77. The fourth-order valence-corrected chi connectivity index (χ4v) is 2.81. The van der Waals surface area contributed by atoms with Crippen LogP contribution in [0.15, 0.2) is 53.7 Å². The Morgan fingerprint density at radius 2 is 1.52 bits per heavy atom. The zero-order valence-electron chi connectivity index (χ0n) is 12.9. The summed E-state index contributed by atoms with van der Waals surface area (Å²) in [5, 5.41) is 7.95. The van der Waals surface area contributed by atoms with Crippen LogP contribution in [-0.2, 0) is 5.75 Å². The zero-order chi connectivity index (χ0) is 16.1. The van der Waals surface area contributed by atoms with Crippen molar-refractivity contribution in [3.63, 3.8) is 0 Å². The Balaban J connectivity index is 1.64. The number of methoxy groups -OCH3 is 2. The van der Waals surface area contributed by atoms with E-state index in [4.69, 9.17) is 9.47 Å². The molecule has 0 fully saturated rings. The predicted molar refractivity (Wildman–Crippen MR) is 90.9 cm³/mol. The van der Waals surface area contributed by atoms with Gasteiger partial charge in [0, 0.05) is 11.3 Å². The van der Waals surface area contributed by atoms with Gasteiger partial charge < -0.3 is 9.47 Å². The average molecular weight is 327 g/mol. The van der Waals surface area contributed by atoms with Crippen LogP contribution in [0.3, 0.4) is 0 Å². The van der Waals surface area contributed by atoms with Crippen LogP contribution in [0.5, 0.6) is 11.5 Å². The number of thioether (sulfide) groups is 1. The molecule has 0 unspecified atom stereocenters. The van der Waals surface area contributed by atoms with Gasteiger partial charge in [0.15, 0.2) is 5.82 Å². The van der Waals surface area contributed by atoms with Gasteiger partial charge in [0.1, 0.15) is 11.5 Å². The van der Waals surface area contributed by atoms with E-state index in [2.05, 4.69) is 15.2 Å². The molecule has 0 atom stereocenters. The molecule has 0 bridgehead atoms. The summed E-state index contributed by atoms with van der Waals surface area (Å²) in [5.74, 6) is 3.25. The molecule has 0 aliphatic carbocycles. The Labute approximate surface area is 139 Å². The van der Waals surface area contributed by atoms with Crippen molar-refractivity contribution >= 4 is 11.8 Å². The van der Waals surface area contributed by atoms with Crippen LogP contribution in [-0.4, -0.2) is 29.4 Å².